The lowest BCUT2D eigenvalue weighted by Gasteiger charge is -2.29. The SMILES string of the molecule is CC(C)N(C(=O)Oc1nn(-c2ccccn2)c2ccc3cc(Cl)ccc3c12)C(C)C. The highest BCUT2D eigenvalue weighted by molar-refractivity contribution is 6.31. The maximum atomic E-state index is 13.0. The molecule has 4 rings (SSSR count). The quantitative estimate of drug-likeness (QED) is 0.414. The van der Waals surface area contributed by atoms with Gasteiger partial charge in [0.25, 0.3) is 5.88 Å². The summed E-state index contributed by atoms with van der Waals surface area (Å²) in [6, 6.07) is 15.1. The van der Waals surface area contributed by atoms with E-state index in [0.29, 0.717) is 10.8 Å². The van der Waals surface area contributed by atoms with Gasteiger partial charge < -0.3 is 9.64 Å². The van der Waals surface area contributed by atoms with Gasteiger partial charge in [-0.2, -0.15) is 0 Å². The number of carbonyl (C=O) groups excluding carboxylic acids is 1. The van der Waals surface area contributed by atoms with Crippen molar-refractivity contribution in [3.8, 4) is 11.7 Å². The van der Waals surface area contributed by atoms with E-state index >= 15 is 0 Å². The second-order valence-electron chi connectivity index (χ2n) is 7.69. The number of fused-ring (bicyclic) bond motifs is 3. The monoisotopic (exact) mass is 422 g/mol. The fourth-order valence-corrected chi connectivity index (χ4v) is 3.94. The van der Waals surface area contributed by atoms with Crippen LogP contribution in [0.4, 0.5) is 4.79 Å². The molecular formula is C23H23ClN4O2. The Hall–Kier alpha value is -3.12. The first kappa shape index (κ1) is 20.2. The molecule has 0 aliphatic heterocycles. The number of amides is 1. The summed E-state index contributed by atoms with van der Waals surface area (Å²) in [4.78, 5) is 19.1. The predicted molar refractivity (Wildman–Crippen MR) is 120 cm³/mol. The minimum absolute atomic E-state index is 0.00260. The average molecular weight is 423 g/mol. The molecule has 0 aliphatic carbocycles. The van der Waals surface area contributed by atoms with Crippen LogP contribution in [0, 0.1) is 0 Å². The third-order valence-corrected chi connectivity index (χ3v) is 5.20. The van der Waals surface area contributed by atoms with Crippen LogP contribution in [0.15, 0.2) is 54.7 Å². The van der Waals surface area contributed by atoms with Crippen LogP contribution >= 0.6 is 11.6 Å². The summed E-state index contributed by atoms with van der Waals surface area (Å²) in [6.45, 7) is 7.85. The fourth-order valence-electron chi connectivity index (χ4n) is 3.76. The minimum Gasteiger partial charge on any atom is -0.389 e. The first-order chi connectivity index (χ1) is 14.4. The highest BCUT2D eigenvalue weighted by atomic mass is 35.5. The third kappa shape index (κ3) is 3.59. The Morgan fingerprint density at radius 1 is 1.07 bits per heavy atom. The second kappa shape index (κ2) is 7.95. The Balaban J connectivity index is 1.92. The summed E-state index contributed by atoms with van der Waals surface area (Å²) in [6.07, 6.45) is 1.27. The zero-order valence-corrected chi connectivity index (χ0v) is 18.1. The van der Waals surface area contributed by atoms with Crippen molar-refractivity contribution in [3.63, 3.8) is 0 Å². The Morgan fingerprint density at radius 2 is 1.83 bits per heavy atom. The van der Waals surface area contributed by atoms with Gasteiger partial charge in [-0.25, -0.2) is 14.5 Å². The van der Waals surface area contributed by atoms with E-state index in [2.05, 4.69) is 10.1 Å². The summed E-state index contributed by atoms with van der Waals surface area (Å²) in [7, 11) is 0. The van der Waals surface area contributed by atoms with E-state index in [0.717, 1.165) is 21.7 Å². The molecule has 4 aromatic rings. The summed E-state index contributed by atoms with van der Waals surface area (Å²) >= 11 is 6.18. The van der Waals surface area contributed by atoms with Crippen LogP contribution in [0.2, 0.25) is 5.02 Å². The topological polar surface area (TPSA) is 60.3 Å². The molecule has 30 heavy (non-hydrogen) atoms. The second-order valence-corrected chi connectivity index (χ2v) is 8.13. The highest BCUT2D eigenvalue weighted by Gasteiger charge is 2.25. The molecule has 2 aromatic carbocycles. The van der Waals surface area contributed by atoms with E-state index < -0.39 is 6.09 Å². The van der Waals surface area contributed by atoms with Crippen molar-refractivity contribution in [1.82, 2.24) is 19.7 Å². The molecule has 2 heterocycles. The van der Waals surface area contributed by atoms with Crippen LogP contribution in [0.3, 0.4) is 0 Å². The van der Waals surface area contributed by atoms with Crippen LogP contribution < -0.4 is 4.74 Å². The standard InChI is InChI=1S/C23H23ClN4O2/c1-14(2)27(15(3)4)23(29)30-22-21-18-10-9-17(24)13-16(18)8-11-19(21)28(26-22)20-7-5-6-12-25-20/h5-15H,1-4H3. The van der Waals surface area contributed by atoms with Crippen molar-refractivity contribution in [2.75, 3.05) is 0 Å². The number of hydrogen-bond donors (Lipinski definition) is 0. The Labute approximate surface area is 180 Å². The van der Waals surface area contributed by atoms with Crippen LogP contribution in [-0.4, -0.2) is 37.8 Å². The molecule has 1 amide bonds. The zero-order chi connectivity index (χ0) is 21.4. The van der Waals surface area contributed by atoms with E-state index in [1.807, 2.05) is 76.2 Å². The number of pyridine rings is 1. The number of rotatable bonds is 4. The van der Waals surface area contributed by atoms with Crippen molar-refractivity contribution >= 4 is 39.4 Å². The summed E-state index contributed by atoms with van der Waals surface area (Å²) in [5, 5.41) is 7.86. The molecule has 0 bridgehead atoms. The van der Waals surface area contributed by atoms with Gasteiger partial charge in [-0.15, -0.1) is 5.10 Å². The van der Waals surface area contributed by atoms with Crippen LogP contribution in [0.1, 0.15) is 27.7 Å². The molecule has 0 N–H and O–H groups in total. The summed E-state index contributed by atoms with van der Waals surface area (Å²) < 4.78 is 7.54. The van der Waals surface area contributed by atoms with E-state index in [-0.39, 0.29) is 18.0 Å². The molecule has 154 valence electrons. The van der Waals surface area contributed by atoms with Gasteiger partial charge in [-0.05, 0) is 68.8 Å². The van der Waals surface area contributed by atoms with Gasteiger partial charge in [0.15, 0.2) is 5.82 Å². The first-order valence-corrected chi connectivity index (χ1v) is 10.3. The molecule has 0 unspecified atom stereocenters. The van der Waals surface area contributed by atoms with Gasteiger partial charge in [0, 0.05) is 23.3 Å². The minimum atomic E-state index is -0.432. The maximum Gasteiger partial charge on any atom is 0.417 e. The van der Waals surface area contributed by atoms with Crippen molar-refractivity contribution in [2.24, 2.45) is 0 Å². The number of benzene rings is 2. The van der Waals surface area contributed by atoms with Crippen molar-refractivity contribution in [2.45, 2.75) is 39.8 Å². The smallest absolute Gasteiger partial charge is 0.389 e. The Kier molecular flexibility index (Phi) is 5.35. The first-order valence-electron chi connectivity index (χ1n) is 9.89. The van der Waals surface area contributed by atoms with E-state index in [9.17, 15) is 4.79 Å². The van der Waals surface area contributed by atoms with Crippen LogP contribution in [0.25, 0.3) is 27.5 Å². The molecule has 0 atom stereocenters. The largest absolute Gasteiger partial charge is 0.417 e. The van der Waals surface area contributed by atoms with Gasteiger partial charge in [0.1, 0.15) is 0 Å². The zero-order valence-electron chi connectivity index (χ0n) is 17.3. The fraction of sp³-hybridized carbons (Fsp3) is 0.261. The van der Waals surface area contributed by atoms with Gasteiger partial charge >= 0.3 is 6.09 Å². The molecule has 6 nitrogen and oxygen atoms in total. The summed E-state index contributed by atoms with van der Waals surface area (Å²) in [5.74, 6) is 0.891. The van der Waals surface area contributed by atoms with Crippen LogP contribution in [0.5, 0.6) is 5.88 Å². The third-order valence-electron chi connectivity index (χ3n) is 4.97. The highest BCUT2D eigenvalue weighted by Crippen LogP contribution is 2.35. The van der Waals surface area contributed by atoms with Gasteiger partial charge in [-0.3, -0.25) is 0 Å². The lowest BCUT2D eigenvalue weighted by Crippen LogP contribution is -2.43. The lowest BCUT2D eigenvalue weighted by molar-refractivity contribution is 0.121. The van der Waals surface area contributed by atoms with Gasteiger partial charge in [0.2, 0.25) is 0 Å². The lowest BCUT2D eigenvalue weighted by atomic mass is 10.1. The van der Waals surface area contributed by atoms with E-state index in [1.54, 1.807) is 15.8 Å². The number of aromatic nitrogens is 3. The molecule has 0 aliphatic rings. The van der Waals surface area contributed by atoms with Crippen molar-refractivity contribution in [1.29, 1.82) is 0 Å². The molecule has 0 radical (unpaired) electrons. The van der Waals surface area contributed by atoms with Gasteiger partial charge in [0.05, 0.1) is 10.9 Å². The number of ether oxygens (including phenoxy) is 1. The average Bonchev–Trinajstić information content (AvgIpc) is 3.06. The Bertz CT molecular complexity index is 1210. The number of hydrogen-bond acceptors (Lipinski definition) is 4. The number of halogens is 1. The maximum absolute atomic E-state index is 13.0. The molecule has 0 fully saturated rings. The summed E-state index contributed by atoms with van der Waals surface area (Å²) in [5.41, 5.74) is 0.798. The predicted octanol–water partition coefficient (Wildman–Crippen LogP) is 5.84. The number of carbonyl (C=O) groups is 1. The molecular weight excluding hydrogens is 400 g/mol. The molecule has 7 heteroatoms. The van der Waals surface area contributed by atoms with Gasteiger partial charge in [-0.1, -0.05) is 29.8 Å². The van der Waals surface area contributed by atoms with Crippen molar-refractivity contribution in [3.05, 3.63) is 59.8 Å². The molecule has 0 saturated carbocycles. The molecule has 0 saturated heterocycles. The number of nitrogens with zero attached hydrogens (tertiary/aromatic N) is 4. The van der Waals surface area contributed by atoms with Crippen LogP contribution in [-0.2, 0) is 0 Å². The van der Waals surface area contributed by atoms with Crippen molar-refractivity contribution < 1.29 is 9.53 Å². The van der Waals surface area contributed by atoms with E-state index in [4.69, 9.17) is 16.3 Å². The molecule has 0 spiro atoms. The normalized spacial score (nSPS) is 11.6. The Morgan fingerprint density at radius 3 is 2.50 bits per heavy atom. The van der Waals surface area contributed by atoms with E-state index in [1.165, 1.54) is 0 Å². The molecule has 2 aromatic heterocycles.